The highest BCUT2D eigenvalue weighted by Gasteiger charge is 2.31. The molecule has 0 atom stereocenters. The molecule has 0 spiro atoms. The van der Waals surface area contributed by atoms with Gasteiger partial charge in [-0.2, -0.15) is 13.2 Å². The number of terminal acetylenes is 1. The molecule has 18 heavy (non-hydrogen) atoms. The van der Waals surface area contributed by atoms with Gasteiger partial charge in [-0.3, -0.25) is 4.79 Å². The summed E-state index contributed by atoms with van der Waals surface area (Å²) in [5.74, 6) is 1.78. The lowest BCUT2D eigenvalue weighted by Gasteiger charge is -2.11. The maximum absolute atomic E-state index is 12.5. The summed E-state index contributed by atoms with van der Waals surface area (Å²) in [4.78, 5) is 11.3. The van der Waals surface area contributed by atoms with Gasteiger partial charge >= 0.3 is 6.18 Å². The number of anilines is 1. The monoisotopic (exact) mass is 275 g/mol. The van der Waals surface area contributed by atoms with Crippen molar-refractivity contribution in [3.05, 3.63) is 28.8 Å². The van der Waals surface area contributed by atoms with E-state index in [2.05, 4.69) is 11.2 Å². The third-order valence-corrected chi connectivity index (χ3v) is 2.39. The molecule has 0 unspecified atom stereocenters. The Labute approximate surface area is 107 Å². The maximum atomic E-state index is 12.5. The molecule has 0 radical (unpaired) electrons. The fraction of sp³-hybridized carbons (Fsp3) is 0.250. The average Bonchev–Trinajstić information content (AvgIpc) is 2.28. The zero-order valence-electron chi connectivity index (χ0n) is 9.14. The van der Waals surface area contributed by atoms with Crippen molar-refractivity contribution >= 4 is 23.2 Å². The van der Waals surface area contributed by atoms with Crippen molar-refractivity contribution < 1.29 is 18.0 Å². The molecule has 0 aliphatic heterocycles. The van der Waals surface area contributed by atoms with Gasteiger partial charge in [0.15, 0.2) is 0 Å². The lowest BCUT2D eigenvalue weighted by molar-refractivity contribution is -0.137. The Balaban J connectivity index is 2.89. The average molecular weight is 276 g/mol. The summed E-state index contributed by atoms with van der Waals surface area (Å²) < 4.78 is 37.4. The van der Waals surface area contributed by atoms with Gasteiger partial charge in [0.1, 0.15) is 0 Å². The predicted molar refractivity (Wildman–Crippen MR) is 63.2 cm³/mol. The molecule has 96 valence electrons. The zero-order chi connectivity index (χ0) is 13.8. The number of amides is 1. The third-order valence-electron chi connectivity index (χ3n) is 2.06. The molecule has 1 aromatic carbocycles. The van der Waals surface area contributed by atoms with Crippen molar-refractivity contribution in [1.29, 1.82) is 0 Å². The van der Waals surface area contributed by atoms with Gasteiger partial charge in [-0.25, -0.2) is 0 Å². The fourth-order valence-corrected chi connectivity index (χ4v) is 1.36. The summed E-state index contributed by atoms with van der Waals surface area (Å²) in [7, 11) is 0. The van der Waals surface area contributed by atoms with Crippen LogP contribution in [0.1, 0.15) is 18.4 Å². The first-order valence-corrected chi connectivity index (χ1v) is 5.32. The van der Waals surface area contributed by atoms with Crippen LogP contribution in [-0.2, 0) is 11.0 Å². The van der Waals surface area contributed by atoms with Crippen molar-refractivity contribution in [3.8, 4) is 12.3 Å². The first-order valence-electron chi connectivity index (χ1n) is 4.94. The van der Waals surface area contributed by atoms with Crippen molar-refractivity contribution in [3.63, 3.8) is 0 Å². The second-order valence-electron chi connectivity index (χ2n) is 3.44. The van der Waals surface area contributed by atoms with E-state index in [1.807, 2.05) is 0 Å². The number of benzene rings is 1. The first kappa shape index (κ1) is 14.4. The van der Waals surface area contributed by atoms with Gasteiger partial charge in [-0.15, -0.1) is 12.3 Å². The molecule has 0 aliphatic rings. The number of hydrogen-bond donors (Lipinski definition) is 1. The van der Waals surface area contributed by atoms with Gasteiger partial charge < -0.3 is 5.32 Å². The molecule has 0 aliphatic carbocycles. The number of rotatable bonds is 3. The lowest BCUT2D eigenvalue weighted by Crippen LogP contribution is -2.12. The smallest absolute Gasteiger partial charge is 0.325 e. The lowest BCUT2D eigenvalue weighted by atomic mass is 10.2. The number of carbonyl (C=O) groups is 1. The van der Waals surface area contributed by atoms with Crippen LogP contribution in [0.25, 0.3) is 0 Å². The molecule has 1 aromatic rings. The normalized spacial score (nSPS) is 10.8. The molecule has 0 saturated heterocycles. The minimum Gasteiger partial charge on any atom is -0.325 e. The van der Waals surface area contributed by atoms with Crippen molar-refractivity contribution in [2.24, 2.45) is 0 Å². The van der Waals surface area contributed by atoms with E-state index in [1.165, 1.54) is 0 Å². The Bertz CT molecular complexity index is 491. The van der Waals surface area contributed by atoms with Crippen molar-refractivity contribution in [1.82, 2.24) is 0 Å². The number of carbonyl (C=O) groups excluding carboxylic acids is 1. The van der Waals surface area contributed by atoms with Crippen LogP contribution in [0.15, 0.2) is 18.2 Å². The molecule has 0 saturated carbocycles. The molecule has 2 nitrogen and oxygen atoms in total. The Morgan fingerprint density at radius 2 is 2.11 bits per heavy atom. The molecular formula is C12H9ClF3NO. The topological polar surface area (TPSA) is 29.1 Å². The van der Waals surface area contributed by atoms with E-state index in [1.54, 1.807) is 0 Å². The van der Waals surface area contributed by atoms with Gasteiger partial charge in [0.25, 0.3) is 0 Å². The standard InChI is InChI=1S/C12H9ClF3NO/c1-2-3-4-11(18)17-10-7-8(12(14,15)16)5-6-9(10)13/h1,5-7H,3-4H2,(H,17,18). The van der Waals surface area contributed by atoms with Crippen LogP contribution in [0, 0.1) is 12.3 Å². The fourth-order valence-electron chi connectivity index (χ4n) is 1.20. The highest BCUT2D eigenvalue weighted by molar-refractivity contribution is 6.33. The van der Waals surface area contributed by atoms with Crippen LogP contribution in [0.2, 0.25) is 5.02 Å². The first-order chi connectivity index (χ1) is 8.34. The van der Waals surface area contributed by atoms with E-state index in [4.69, 9.17) is 18.0 Å². The second kappa shape index (κ2) is 5.78. The summed E-state index contributed by atoms with van der Waals surface area (Å²) in [6, 6.07) is 2.72. The van der Waals surface area contributed by atoms with Crippen LogP contribution in [0.3, 0.4) is 0 Å². The van der Waals surface area contributed by atoms with Crippen LogP contribution in [0.4, 0.5) is 18.9 Å². The van der Waals surface area contributed by atoms with E-state index in [0.29, 0.717) is 0 Å². The van der Waals surface area contributed by atoms with Crippen molar-refractivity contribution in [2.75, 3.05) is 5.32 Å². The highest BCUT2D eigenvalue weighted by Crippen LogP contribution is 2.33. The van der Waals surface area contributed by atoms with Gasteiger partial charge in [-0.05, 0) is 18.2 Å². The molecule has 0 fully saturated rings. The summed E-state index contributed by atoms with van der Waals surface area (Å²) in [6.07, 6.45) is 0.735. The van der Waals surface area contributed by atoms with Crippen LogP contribution >= 0.6 is 11.6 Å². The van der Waals surface area contributed by atoms with Crippen LogP contribution in [0.5, 0.6) is 0 Å². The predicted octanol–water partition coefficient (Wildman–Crippen LogP) is 3.71. The molecule has 1 rings (SSSR count). The van der Waals surface area contributed by atoms with E-state index in [-0.39, 0.29) is 23.6 Å². The zero-order valence-corrected chi connectivity index (χ0v) is 9.90. The molecule has 0 heterocycles. The molecule has 1 amide bonds. The summed E-state index contributed by atoms with van der Waals surface area (Å²) in [6.45, 7) is 0. The Kier molecular flexibility index (Phi) is 4.62. The third kappa shape index (κ3) is 3.97. The number of halogens is 4. The summed E-state index contributed by atoms with van der Waals surface area (Å²) in [5.41, 5.74) is -0.951. The number of hydrogen-bond acceptors (Lipinski definition) is 1. The Morgan fingerprint density at radius 3 is 2.67 bits per heavy atom. The Morgan fingerprint density at radius 1 is 1.44 bits per heavy atom. The van der Waals surface area contributed by atoms with Crippen molar-refractivity contribution in [2.45, 2.75) is 19.0 Å². The minimum atomic E-state index is -4.48. The Hall–Kier alpha value is -1.67. The second-order valence-corrected chi connectivity index (χ2v) is 3.85. The molecule has 0 aromatic heterocycles. The summed E-state index contributed by atoms with van der Waals surface area (Å²) >= 11 is 5.70. The number of nitrogens with one attached hydrogen (secondary N) is 1. The maximum Gasteiger partial charge on any atom is 0.416 e. The molecule has 6 heteroatoms. The van der Waals surface area contributed by atoms with Gasteiger partial charge in [0.2, 0.25) is 5.91 Å². The van der Waals surface area contributed by atoms with E-state index >= 15 is 0 Å². The molecule has 0 bridgehead atoms. The molecular weight excluding hydrogens is 267 g/mol. The summed E-state index contributed by atoms with van der Waals surface area (Å²) in [5, 5.41) is 2.33. The molecule has 1 N–H and O–H groups in total. The van der Waals surface area contributed by atoms with Crippen LogP contribution < -0.4 is 5.32 Å². The van der Waals surface area contributed by atoms with Gasteiger partial charge in [0.05, 0.1) is 16.3 Å². The van der Waals surface area contributed by atoms with Gasteiger partial charge in [-0.1, -0.05) is 11.6 Å². The van der Waals surface area contributed by atoms with E-state index in [0.717, 1.165) is 18.2 Å². The van der Waals surface area contributed by atoms with E-state index < -0.39 is 17.6 Å². The number of alkyl halides is 3. The highest BCUT2D eigenvalue weighted by atomic mass is 35.5. The largest absolute Gasteiger partial charge is 0.416 e. The van der Waals surface area contributed by atoms with Gasteiger partial charge in [0, 0.05) is 12.8 Å². The van der Waals surface area contributed by atoms with Crippen LogP contribution in [-0.4, -0.2) is 5.91 Å². The minimum absolute atomic E-state index is 0.0308. The van der Waals surface area contributed by atoms with E-state index in [9.17, 15) is 18.0 Å². The quantitative estimate of drug-likeness (QED) is 0.837. The SMILES string of the molecule is C#CCCC(=O)Nc1cc(C(F)(F)F)ccc1Cl.